The topological polar surface area (TPSA) is 44.6 Å². The zero-order chi connectivity index (χ0) is 13.0. The van der Waals surface area contributed by atoms with Crippen LogP contribution in [0.15, 0.2) is 52.0 Å². The van der Waals surface area contributed by atoms with E-state index in [4.69, 9.17) is 0 Å². The highest BCUT2D eigenvalue weighted by molar-refractivity contribution is 9.10. The van der Waals surface area contributed by atoms with Gasteiger partial charge in [0.2, 0.25) is 0 Å². The monoisotopic (exact) mass is 304 g/mol. The lowest BCUT2D eigenvalue weighted by Gasteiger charge is -2.03. The van der Waals surface area contributed by atoms with Gasteiger partial charge in [0, 0.05) is 10.0 Å². The van der Waals surface area contributed by atoms with E-state index in [9.17, 15) is 5.11 Å². The Hall–Kier alpha value is -1.81. The van der Waals surface area contributed by atoms with Gasteiger partial charge in [-0.05, 0) is 36.8 Å². The van der Waals surface area contributed by atoms with Crippen molar-refractivity contribution in [2.45, 2.75) is 6.92 Å². The normalized spacial score (nSPS) is 10.8. The van der Waals surface area contributed by atoms with Crippen molar-refractivity contribution in [3.05, 3.63) is 58.1 Å². The molecule has 0 radical (unpaired) electrons. The third-order valence-electron chi connectivity index (χ3n) is 2.48. The van der Waals surface area contributed by atoms with Crippen LogP contribution in [-0.2, 0) is 0 Å². The number of hydrazone groups is 1. The molecular weight excluding hydrogens is 292 g/mol. The molecule has 0 heterocycles. The molecule has 0 amide bonds. The fourth-order valence-corrected chi connectivity index (χ4v) is 1.84. The molecule has 0 saturated heterocycles. The van der Waals surface area contributed by atoms with Gasteiger partial charge in [0.15, 0.2) is 0 Å². The van der Waals surface area contributed by atoms with E-state index in [1.165, 1.54) is 0 Å². The molecule has 4 heteroatoms. The summed E-state index contributed by atoms with van der Waals surface area (Å²) in [5.41, 5.74) is 5.45. The van der Waals surface area contributed by atoms with E-state index >= 15 is 0 Å². The number of anilines is 1. The average molecular weight is 305 g/mol. The van der Waals surface area contributed by atoms with Crippen LogP contribution in [0.25, 0.3) is 0 Å². The predicted octanol–water partition coefficient (Wildman–Crippen LogP) is 3.91. The molecule has 0 fully saturated rings. The van der Waals surface area contributed by atoms with Crippen molar-refractivity contribution < 1.29 is 5.11 Å². The van der Waals surface area contributed by atoms with Gasteiger partial charge < -0.3 is 5.11 Å². The van der Waals surface area contributed by atoms with Crippen LogP contribution >= 0.6 is 15.9 Å². The van der Waals surface area contributed by atoms with Gasteiger partial charge in [0.25, 0.3) is 0 Å². The van der Waals surface area contributed by atoms with Crippen LogP contribution in [0.3, 0.4) is 0 Å². The standard InChI is InChI=1S/C14H13BrN2O/c1-10-7-14(18)11(8-13(10)15)9-16-17-12-5-3-2-4-6-12/h2-9,17-18H,1H3. The van der Waals surface area contributed by atoms with Crippen LogP contribution in [0, 0.1) is 6.92 Å². The van der Waals surface area contributed by atoms with Crippen LogP contribution in [0.1, 0.15) is 11.1 Å². The fourth-order valence-electron chi connectivity index (χ4n) is 1.47. The highest BCUT2D eigenvalue weighted by Crippen LogP contribution is 2.24. The van der Waals surface area contributed by atoms with Crippen LogP contribution < -0.4 is 5.43 Å². The zero-order valence-electron chi connectivity index (χ0n) is 9.89. The van der Waals surface area contributed by atoms with Gasteiger partial charge in [-0.2, -0.15) is 5.10 Å². The maximum atomic E-state index is 9.77. The summed E-state index contributed by atoms with van der Waals surface area (Å²) < 4.78 is 0.946. The fraction of sp³-hybridized carbons (Fsp3) is 0.0714. The number of halogens is 1. The Morgan fingerprint density at radius 1 is 1.22 bits per heavy atom. The SMILES string of the molecule is Cc1cc(O)c(C=NNc2ccccc2)cc1Br. The Bertz CT molecular complexity index is 568. The summed E-state index contributed by atoms with van der Waals surface area (Å²) in [5, 5.41) is 13.9. The third kappa shape index (κ3) is 3.11. The summed E-state index contributed by atoms with van der Waals surface area (Å²) in [4.78, 5) is 0. The lowest BCUT2D eigenvalue weighted by Crippen LogP contribution is -1.91. The van der Waals surface area contributed by atoms with Gasteiger partial charge in [0.05, 0.1) is 11.9 Å². The van der Waals surface area contributed by atoms with Gasteiger partial charge in [-0.15, -0.1) is 0 Å². The first-order valence-electron chi connectivity index (χ1n) is 5.50. The van der Waals surface area contributed by atoms with E-state index in [1.807, 2.05) is 43.3 Å². The zero-order valence-corrected chi connectivity index (χ0v) is 11.5. The first-order chi connectivity index (χ1) is 8.66. The van der Waals surface area contributed by atoms with Gasteiger partial charge in [-0.25, -0.2) is 0 Å². The molecule has 18 heavy (non-hydrogen) atoms. The van der Waals surface area contributed by atoms with E-state index in [0.717, 1.165) is 15.7 Å². The highest BCUT2D eigenvalue weighted by Gasteiger charge is 2.02. The molecule has 0 spiro atoms. The molecule has 3 nitrogen and oxygen atoms in total. The molecule has 0 aliphatic carbocycles. The maximum Gasteiger partial charge on any atom is 0.124 e. The van der Waals surface area contributed by atoms with Gasteiger partial charge >= 0.3 is 0 Å². The molecule has 0 atom stereocenters. The molecule has 0 unspecified atom stereocenters. The van der Waals surface area contributed by atoms with Crippen molar-refractivity contribution in [1.82, 2.24) is 0 Å². The second-order valence-electron chi connectivity index (χ2n) is 3.90. The van der Waals surface area contributed by atoms with Gasteiger partial charge in [-0.3, -0.25) is 5.43 Å². The van der Waals surface area contributed by atoms with E-state index < -0.39 is 0 Å². The van der Waals surface area contributed by atoms with Crippen LogP contribution in [0.2, 0.25) is 0 Å². The van der Waals surface area contributed by atoms with Crippen LogP contribution in [0.5, 0.6) is 5.75 Å². The van der Waals surface area contributed by atoms with Crippen LogP contribution in [-0.4, -0.2) is 11.3 Å². The number of phenolic OH excluding ortho intramolecular Hbond substituents is 1. The summed E-state index contributed by atoms with van der Waals surface area (Å²) in [6.45, 7) is 1.92. The number of nitrogens with one attached hydrogen (secondary N) is 1. The molecule has 0 saturated carbocycles. The number of phenols is 1. The maximum absolute atomic E-state index is 9.77. The second-order valence-corrected chi connectivity index (χ2v) is 4.75. The number of hydrogen-bond donors (Lipinski definition) is 2. The molecule has 0 aromatic heterocycles. The minimum Gasteiger partial charge on any atom is -0.507 e. The number of nitrogens with zero attached hydrogens (tertiary/aromatic N) is 1. The first kappa shape index (κ1) is 12.6. The Morgan fingerprint density at radius 2 is 1.94 bits per heavy atom. The summed E-state index contributed by atoms with van der Waals surface area (Å²) in [5.74, 6) is 0.217. The number of aryl methyl sites for hydroxylation is 1. The summed E-state index contributed by atoms with van der Waals surface area (Å²) in [6.07, 6.45) is 1.59. The van der Waals surface area contributed by atoms with Crippen molar-refractivity contribution in [2.75, 3.05) is 5.43 Å². The lowest BCUT2D eigenvalue weighted by molar-refractivity contribution is 0.474. The van der Waals surface area contributed by atoms with Crippen molar-refractivity contribution in [2.24, 2.45) is 5.10 Å². The van der Waals surface area contributed by atoms with E-state index in [2.05, 4.69) is 26.5 Å². The largest absolute Gasteiger partial charge is 0.507 e. The van der Waals surface area contributed by atoms with Crippen molar-refractivity contribution in [3.8, 4) is 5.75 Å². The first-order valence-corrected chi connectivity index (χ1v) is 6.29. The molecule has 2 aromatic carbocycles. The molecule has 92 valence electrons. The number of rotatable bonds is 3. The lowest BCUT2D eigenvalue weighted by atomic mass is 10.1. The molecular formula is C14H13BrN2O. The van der Waals surface area contributed by atoms with Crippen LogP contribution in [0.4, 0.5) is 5.69 Å². The summed E-state index contributed by atoms with van der Waals surface area (Å²) in [6, 6.07) is 13.2. The van der Waals surface area contributed by atoms with E-state index in [0.29, 0.717) is 5.56 Å². The average Bonchev–Trinajstić information content (AvgIpc) is 2.37. The molecule has 2 aromatic rings. The number of aromatic hydroxyl groups is 1. The Morgan fingerprint density at radius 3 is 2.67 bits per heavy atom. The Balaban J connectivity index is 2.12. The summed E-state index contributed by atoms with van der Waals surface area (Å²) in [7, 11) is 0. The Kier molecular flexibility index (Phi) is 3.99. The smallest absolute Gasteiger partial charge is 0.124 e. The van der Waals surface area contributed by atoms with Crippen molar-refractivity contribution in [3.63, 3.8) is 0 Å². The summed E-state index contributed by atoms with van der Waals surface area (Å²) >= 11 is 3.42. The predicted molar refractivity (Wildman–Crippen MR) is 78.2 cm³/mol. The van der Waals surface area contributed by atoms with Gasteiger partial charge in [0.1, 0.15) is 5.75 Å². The number of benzene rings is 2. The molecule has 2 N–H and O–H groups in total. The molecule has 0 aliphatic rings. The number of para-hydroxylation sites is 1. The minimum atomic E-state index is 0.217. The molecule has 2 rings (SSSR count). The quantitative estimate of drug-likeness (QED) is 0.667. The second kappa shape index (κ2) is 5.69. The van der Waals surface area contributed by atoms with Crippen molar-refractivity contribution in [1.29, 1.82) is 0 Å². The highest BCUT2D eigenvalue weighted by atomic mass is 79.9. The number of hydrogen-bond acceptors (Lipinski definition) is 3. The van der Waals surface area contributed by atoms with Crippen molar-refractivity contribution >= 4 is 27.8 Å². The van der Waals surface area contributed by atoms with Gasteiger partial charge in [-0.1, -0.05) is 34.1 Å². The minimum absolute atomic E-state index is 0.217. The Labute approximate surface area is 114 Å². The third-order valence-corrected chi connectivity index (χ3v) is 3.33. The van der Waals surface area contributed by atoms with E-state index in [-0.39, 0.29) is 5.75 Å². The molecule has 0 aliphatic heterocycles. The van der Waals surface area contributed by atoms with E-state index in [1.54, 1.807) is 12.3 Å². The molecule has 0 bridgehead atoms.